The second kappa shape index (κ2) is 9.30. The lowest BCUT2D eigenvalue weighted by atomic mass is 9.49. The molecule has 4 aliphatic carbocycles. The van der Waals surface area contributed by atoms with Gasteiger partial charge in [0.2, 0.25) is 5.91 Å². The SMILES string of the molecule is COc1ccccc1C(=O)NC(=O)COC(=O)CNC(=O)CC12CC3CC(CC(C3)C1)C2. The summed E-state index contributed by atoms with van der Waals surface area (Å²) in [7, 11) is 1.42. The highest BCUT2D eigenvalue weighted by molar-refractivity contribution is 6.06. The highest BCUT2D eigenvalue weighted by atomic mass is 16.5. The summed E-state index contributed by atoms with van der Waals surface area (Å²) < 4.78 is 9.98. The summed E-state index contributed by atoms with van der Waals surface area (Å²) in [6, 6.07) is 6.48. The maximum Gasteiger partial charge on any atom is 0.325 e. The van der Waals surface area contributed by atoms with Crippen molar-refractivity contribution < 1.29 is 28.7 Å². The summed E-state index contributed by atoms with van der Waals surface area (Å²) in [4.78, 5) is 48.6. The first-order chi connectivity index (χ1) is 15.4. The Balaban J connectivity index is 1.17. The number of para-hydroxylation sites is 1. The van der Waals surface area contributed by atoms with Crippen molar-refractivity contribution in [1.29, 1.82) is 0 Å². The van der Waals surface area contributed by atoms with Gasteiger partial charge in [0.15, 0.2) is 6.61 Å². The first kappa shape index (κ1) is 22.3. The number of hydrogen-bond acceptors (Lipinski definition) is 6. The number of carbonyl (C=O) groups is 4. The van der Waals surface area contributed by atoms with Crippen LogP contribution in [0.1, 0.15) is 55.3 Å². The Kier molecular flexibility index (Phi) is 6.48. The molecule has 0 saturated heterocycles. The number of ether oxygens (including phenoxy) is 2. The number of methoxy groups -OCH3 is 1. The molecule has 0 aromatic heterocycles. The number of nitrogens with one attached hydrogen (secondary N) is 2. The lowest BCUT2D eigenvalue weighted by Gasteiger charge is -2.56. The number of benzene rings is 1. The van der Waals surface area contributed by atoms with Crippen LogP contribution in [0.2, 0.25) is 0 Å². The Labute approximate surface area is 187 Å². The van der Waals surface area contributed by atoms with Crippen LogP contribution in [-0.4, -0.2) is 44.0 Å². The number of carbonyl (C=O) groups excluding carboxylic acids is 4. The largest absolute Gasteiger partial charge is 0.496 e. The van der Waals surface area contributed by atoms with Crippen molar-refractivity contribution in [2.24, 2.45) is 23.2 Å². The van der Waals surface area contributed by atoms with Crippen LogP contribution in [-0.2, 0) is 19.1 Å². The van der Waals surface area contributed by atoms with Crippen LogP contribution in [0.4, 0.5) is 0 Å². The molecule has 0 aliphatic heterocycles. The van der Waals surface area contributed by atoms with Crippen molar-refractivity contribution >= 4 is 23.7 Å². The van der Waals surface area contributed by atoms with Gasteiger partial charge in [-0.25, -0.2) is 0 Å². The lowest BCUT2D eigenvalue weighted by molar-refractivity contribution is -0.148. The molecule has 0 radical (unpaired) electrons. The molecular weight excluding hydrogens is 412 g/mol. The molecule has 2 N–H and O–H groups in total. The summed E-state index contributed by atoms with van der Waals surface area (Å²) in [6.07, 6.45) is 7.77. The molecule has 1 aromatic carbocycles. The third-order valence-electron chi connectivity index (χ3n) is 7.10. The van der Waals surface area contributed by atoms with Crippen molar-refractivity contribution in [2.45, 2.75) is 44.9 Å². The minimum absolute atomic E-state index is 0.0987. The van der Waals surface area contributed by atoms with Crippen LogP contribution in [0.25, 0.3) is 0 Å². The highest BCUT2D eigenvalue weighted by Crippen LogP contribution is 2.61. The van der Waals surface area contributed by atoms with Gasteiger partial charge in [0, 0.05) is 6.42 Å². The van der Waals surface area contributed by atoms with E-state index < -0.39 is 24.4 Å². The molecule has 0 spiro atoms. The van der Waals surface area contributed by atoms with Gasteiger partial charge in [-0.3, -0.25) is 24.5 Å². The van der Waals surface area contributed by atoms with E-state index in [1.165, 1.54) is 32.4 Å². The second-order valence-corrected chi connectivity index (χ2v) is 9.61. The number of esters is 1. The highest BCUT2D eigenvalue weighted by Gasteiger charge is 2.51. The number of imide groups is 1. The van der Waals surface area contributed by atoms with E-state index in [0.29, 0.717) is 12.2 Å². The fraction of sp³-hybridized carbons (Fsp3) is 0.583. The molecule has 3 amide bonds. The van der Waals surface area contributed by atoms with Gasteiger partial charge in [-0.05, 0) is 73.8 Å². The lowest BCUT2D eigenvalue weighted by Crippen LogP contribution is -2.48. The average molecular weight is 443 g/mol. The Morgan fingerprint density at radius 3 is 2.22 bits per heavy atom. The van der Waals surface area contributed by atoms with Gasteiger partial charge < -0.3 is 14.8 Å². The van der Waals surface area contributed by atoms with E-state index in [4.69, 9.17) is 9.47 Å². The van der Waals surface area contributed by atoms with E-state index in [0.717, 1.165) is 37.0 Å². The summed E-state index contributed by atoms with van der Waals surface area (Å²) in [6.45, 7) is -0.899. The smallest absolute Gasteiger partial charge is 0.325 e. The Morgan fingerprint density at radius 2 is 1.59 bits per heavy atom. The van der Waals surface area contributed by atoms with E-state index >= 15 is 0 Å². The summed E-state index contributed by atoms with van der Waals surface area (Å²) in [5, 5.41) is 4.79. The molecule has 4 fully saturated rings. The number of rotatable bonds is 8. The summed E-state index contributed by atoms with van der Waals surface area (Å²) in [5.41, 5.74) is 0.299. The molecule has 4 bridgehead atoms. The third-order valence-corrected chi connectivity index (χ3v) is 7.10. The molecule has 4 saturated carbocycles. The number of hydrogen-bond donors (Lipinski definition) is 2. The molecule has 0 atom stereocenters. The predicted octanol–water partition coefficient (Wildman–Crippen LogP) is 2.22. The van der Waals surface area contributed by atoms with E-state index in [9.17, 15) is 19.2 Å². The normalized spacial score (nSPS) is 27.5. The fourth-order valence-electron chi connectivity index (χ4n) is 6.34. The maximum atomic E-state index is 12.5. The molecule has 8 nitrogen and oxygen atoms in total. The van der Waals surface area contributed by atoms with Gasteiger partial charge in [0.1, 0.15) is 12.3 Å². The molecule has 5 rings (SSSR count). The molecule has 4 aliphatic rings. The van der Waals surface area contributed by atoms with Crippen molar-refractivity contribution in [1.82, 2.24) is 10.6 Å². The molecule has 0 heterocycles. The fourth-order valence-corrected chi connectivity index (χ4v) is 6.34. The zero-order chi connectivity index (χ0) is 22.7. The first-order valence-electron chi connectivity index (χ1n) is 11.3. The van der Waals surface area contributed by atoms with Gasteiger partial charge in [0.25, 0.3) is 11.8 Å². The maximum absolute atomic E-state index is 12.5. The summed E-state index contributed by atoms with van der Waals surface area (Å²) >= 11 is 0. The quantitative estimate of drug-likeness (QED) is 0.598. The first-order valence-corrected chi connectivity index (χ1v) is 11.3. The van der Waals surface area contributed by atoms with Crippen molar-refractivity contribution in [3.63, 3.8) is 0 Å². The van der Waals surface area contributed by atoms with Crippen molar-refractivity contribution in [3.05, 3.63) is 29.8 Å². The predicted molar refractivity (Wildman–Crippen MR) is 115 cm³/mol. The molecule has 8 heteroatoms. The van der Waals surface area contributed by atoms with E-state index in [1.807, 2.05) is 0 Å². The topological polar surface area (TPSA) is 111 Å². The van der Waals surface area contributed by atoms with E-state index in [2.05, 4.69) is 10.6 Å². The van der Waals surface area contributed by atoms with Crippen LogP contribution >= 0.6 is 0 Å². The van der Waals surface area contributed by atoms with Gasteiger partial charge in [-0.15, -0.1) is 0 Å². The van der Waals surface area contributed by atoms with Crippen molar-refractivity contribution in [3.8, 4) is 5.75 Å². The zero-order valence-electron chi connectivity index (χ0n) is 18.4. The molecule has 1 aromatic rings. The van der Waals surface area contributed by atoms with Crippen LogP contribution in [0.3, 0.4) is 0 Å². The Morgan fingerprint density at radius 1 is 0.969 bits per heavy atom. The van der Waals surface area contributed by atoms with Crippen LogP contribution < -0.4 is 15.4 Å². The zero-order valence-corrected chi connectivity index (χ0v) is 18.4. The monoisotopic (exact) mass is 442 g/mol. The van der Waals surface area contributed by atoms with E-state index in [1.54, 1.807) is 18.2 Å². The van der Waals surface area contributed by atoms with Crippen LogP contribution in [0, 0.1) is 23.2 Å². The number of amides is 3. The second-order valence-electron chi connectivity index (χ2n) is 9.61. The van der Waals surface area contributed by atoms with Crippen LogP contribution in [0.5, 0.6) is 5.75 Å². The van der Waals surface area contributed by atoms with Gasteiger partial charge in [-0.2, -0.15) is 0 Å². The Hall–Kier alpha value is -2.90. The standard InChI is InChI=1S/C24H30N2O6/c1-31-19-5-3-2-4-18(19)23(30)26-21(28)14-32-22(29)13-25-20(27)12-24-9-15-6-16(10-24)8-17(7-15)11-24/h2-5,15-17H,6-14H2,1H3,(H,25,27)(H,26,28,30). The van der Waals surface area contributed by atoms with Crippen LogP contribution in [0.15, 0.2) is 24.3 Å². The molecule has 32 heavy (non-hydrogen) atoms. The van der Waals surface area contributed by atoms with Gasteiger partial charge in [-0.1, -0.05) is 12.1 Å². The molecule has 0 unspecified atom stereocenters. The third kappa shape index (κ3) is 5.11. The Bertz CT molecular complexity index is 876. The van der Waals surface area contributed by atoms with E-state index in [-0.39, 0.29) is 23.4 Å². The minimum Gasteiger partial charge on any atom is -0.496 e. The molecule has 172 valence electrons. The summed E-state index contributed by atoms with van der Waals surface area (Å²) in [5.74, 6) is 0.352. The molecular formula is C24H30N2O6. The van der Waals surface area contributed by atoms with Gasteiger partial charge in [0.05, 0.1) is 12.7 Å². The average Bonchev–Trinajstić information content (AvgIpc) is 2.75. The minimum atomic E-state index is -0.755. The van der Waals surface area contributed by atoms with Crippen molar-refractivity contribution in [2.75, 3.05) is 20.3 Å². The van der Waals surface area contributed by atoms with Gasteiger partial charge >= 0.3 is 5.97 Å².